The van der Waals surface area contributed by atoms with Crippen molar-refractivity contribution in [3.63, 3.8) is 0 Å². The van der Waals surface area contributed by atoms with Gasteiger partial charge in [-0.25, -0.2) is 0 Å². The van der Waals surface area contributed by atoms with Crippen LogP contribution in [0.5, 0.6) is 0 Å². The molecule has 1 aliphatic rings. The molecule has 0 aliphatic heterocycles. The molecule has 1 saturated carbocycles. The van der Waals surface area contributed by atoms with E-state index in [9.17, 15) is 4.79 Å². The van der Waals surface area contributed by atoms with Crippen LogP contribution in [0.2, 0.25) is 0 Å². The van der Waals surface area contributed by atoms with Crippen LogP contribution in [-0.2, 0) is 4.79 Å². The van der Waals surface area contributed by atoms with Gasteiger partial charge in [-0.05, 0) is 30.3 Å². The second-order valence-electron chi connectivity index (χ2n) is 4.18. The van der Waals surface area contributed by atoms with Crippen LogP contribution in [0.3, 0.4) is 0 Å². The van der Waals surface area contributed by atoms with Crippen LogP contribution in [0.4, 0.5) is 0 Å². The van der Waals surface area contributed by atoms with Crippen molar-refractivity contribution < 1.29 is 9.90 Å². The molecule has 0 saturated heterocycles. The van der Waals surface area contributed by atoms with E-state index in [0.717, 1.165) is 12.0 Å². The van der Waals surface area contributed by atoms with Crippen LogP contribution in [-0.4, -0.2) is 17.5 Å². The van der Waals surface area contributed by atoms with Gasteiger partial charge in [0.05, 0.1) is 0 Å². The summed E-state index contributed by atoms with van der Waals surface area (Å²) < 4.78 is 0. The van der Waals surface area contributed by atoms with E-state index in [1.807, 2.05) is 0 Å². The fourth-order valence-electron chi connectivity index (χ4n) is 1.61. The highest BCUT2D eigenvalue weighted by Gasteiger charge is 2.42. The average molecular weight is 180 g/mol. The Balaban J connectivity index is 2.79. The van der Waals surface area contributed by atoms with Crippen LogP contribution in [0.1, 0.15) is 27.2 Å². The Kier molecular flexibility index (Phi) is 2.74. The molecule has 0 spiro atoms. The zero-order valence-electron chi connectivity index (χ0n) is 8.42. The summed E-state index contributed by atoms with van der Waals surface area (Å²) in [7, 11) is 0. The summed E-state index contributed by atoms with van der Waals surface area (Å²) in [5.41, 5.74) is 4.16. The standard InChI is InChI=1S/C11H16O2/c1-8(13)4-5-9-6-10(7-12)11(9,2)3/h4,10,12H,6-7H2,1-3H3. The number of aliphatic hydroxyl groups excluding tert-OH is 1. The summed E-state index contributed by atoms with van der Waals surface area (Å²) >= 11 is 0. The molecule has 2 nitrogen and oxygen atoms in total. The van der Waals surface area contributed by atoms with E-state index >= 15 is 0 Å². The normalized spacial score (nSPS) is 24.6. The first-order valence-corrected chi connectivity index (χ1v) is 4.56. The van der Waals surface area contributed by atoms with Gasteiger partial charge in [-0.1, -0.05) is 13.8 Å². The first-order chi connectivity index (χ1) is 5.98. The lowest BCUT2D eigenvalue weighted by molar-refractivity contribution is -0.112. The van der Waals surface area contributed by atoms with Gasteiger partial charge in [-0.3, -0.25) is 4.79 Å². The van der Waals surface area contributed by atoms with Crippen LogP contribution >= 0.6 is 0 Å². The van der Waals surface area contributed by atoms with Crippen molar-refractivity contribution in [3.05, 3.63) is 17.4 Å². The van der Waals surface area contributed by atoms with E-state index in [1.165, 1.54) is 13.0 Å². The molecule has 1 atom stereocenters. The van der Waals surface area contributed by atoms with Crippen LogP contribution < -0.4 is 0 Å². The van der Waals surface area contributed by atoms with E-state index in [2.05, 4.69) is 19.6 Å². The van der Waals surface area contributed by atoms with Gasteiger partial charge in [0.2, 0.25) is 0 Å². The highest BCUT2D eigenvalue weighted by Crippen LogP contribution is 2.49. The molecule has 0 heterocycles. The molecule has 1 unspecified atom stereocenters. The van der Waals surface area contributed by atoms with Gasteiger partial charge in [-0.15, -0.1) is 5.73 Å². The molecule has 72 valence electrons. The van der Waals surface area contributed by atoms with Gasteiger partial charge in [0, 0.05) is 12.7 Å². The van der Waals surface area contributed by atoms with Crippen LogP contribution in [0, 0.1) is 11.3 Å². The minimum atomic E-state index is 0.0146. The molecule has 0 aromatic heterocycles. The molecule has 1 N–H and O–H groups in total. The minimum Gasteiger partial charge on any atom is -0.396 e. The molecule has 1 aliphatic carbocycles. The number of allylic oxidation sites excluding steroid dienone is 1. The van der Waals surface area contributed by atoms with E-state index in [0.29, 0.717) is 5.92 Å². The summed E-state index contributed by atoms with van der Waals surface area (Å²) in [6.07, 6.45) is 2.35. The summed E-state index contributed by atoms with van der Waals surface area (Å²) in [6, 6.07) is 0. The maximum Gasteiger partial charge on any atom is 0.160 e. The fourth-order valence-corrected chi connectivity index (χ4v) is 1.61. The quantitative estimate of drug-likeness (QED) is 0.518. The Morgan fingerprint density at radius 1 is 1.77 bits per heavy atom. The van der Waals surface area contributed by atoms with Crippen molar-refractivity contribution in [1.29, 1.82) is 0 Å². The largest absolute Gasteiger partial charge is 0.396 e. The van der Waals surface area contributed by atoms with E-state index in [-0.39, 0.29) is 17.8 Å². The van der Waals surface area contributed by atoms with E-state index in [1.54, 1.807) is 0 Å². The van der Waals surface area contributed by atoms with E-state index < -0.39 is 0 Å². The van der Waals surface area contributed by atoms with E-state index in [4.69, 9.17) is 5.11 Å². The zero-order valence-corrected chi connectivity index (χ0v) is 8.42. The molecular formula is C11H16O2. The van der Waals surface area contributed by atoms with Crippen molar-refractivity contribution in [1.82, 2.24) is 0 Å². The predicted octanol–water partition coefficient (Wildman–Crippen LogP) is 1.70. The summed E-state index contributed by atoms with van der Waals surface area (Å²) in [5.74, 6) is 0.353. The second-order valence-corrected chi connectivity index (χ2v) is 4.18. The molecule has 13 heavy (non-hydrogen) atoms. The smallest absolute Gasteiger partial charge is 0.160 e. The molecule has 2 heteroatoms. The molecular weight excluding hydrogens is 164 g/mol. The maximum atomic E-state index is 10.7. The average Bonchev–Trinajstić information content (AvgIpc) is 2.02. The Bertz CT molecular complexity index is 280. The molecule has 0 aromatic carbocycles. The van der Waals surface area contributed by atoms with Gasteiger partial charge < -0.3 is 5.11 Å². The number of aliphatic hydroxyl groups is 1. The lowest BCUT2D eigenvalue weighted by atomic mass is 9.59. The van der Waals surface area contributed by atoms with Crippen molar-refractivity contribution in [2.24, 2.45) is 11.3 Å². The Hall–Kier alpha value is -0.850. The molecule has 0 amide bonds. The maximum absolute atomic E-state index is 10.7. The number of rotatable bonds is 2. The Morgan fingerprint density at radius 3 is 2.77 bits per heavy atom. The monoisotopic (exact) mass is 180 g/mol. The lowest BCUT2D eigenvalue weighted by Crippen LogP contribution is -2.39. The lowest BCUT2D eigenvalue weighted by Gasteiger charge is -2.45. The first-order valence-electron chi connectivity index (χ1n) is 4.56. The molecule has 1 rings (SSSR count). The summed E-state index contributed by atoms with van der Waals surface area (Å²) in [6.45, 7) is 5.89. The summed E-state index contributed by atoms with van der Waals surface area (Å²) in [5, 5.41) is 9.00. The predicted molar refractivity (Wildman–Crippen MR) is 51.3 cm³/mol. The van der Waals surface area contributed by atoms with Gasteiger partial charge in [-0.2, -0.15) is 0 Å². The molecule has 0 bridgehead atoms. The number of carbonyl (C=O) groups excluding carboxylic acids is 1. The second kappa shape index (κ2) is 3.49. The zero-order chi connectivity index (χ0) is 10.1. The van der Waals surface area contributed by atoms with Crippen molar-refractivity contribution >= 4 is 5.78 Å². The SMILES string of the molecule is CC(=O)C=C=C1CC(CO)C1(C)C. The number of ketones is 1. The number of hydrogen-bond acceptors (Lipinski definition) is 2. The van der Waals surface area contributed by atoms with Gasteiger partial charge in [0.1, 0.15) is 0 Å². The molecule has 1 fully saturated rings. The third-order valence-corrected chi connectivity index (χ3v) is 2.92. The molecule has 0 aromatic rings. The van der Waals surface area contributed by atoms with Crippen LogP contribution in [0.15, 0.2) is 17.4 Å². The van der Waals surface area contributed by atoms with Crippen molar-refractivity contribution in [2.45, 2.75) is 27.2 Å². The van der Waals surface area contributed by atoms with Gasteiger partial charge in [0.25, 0.3) is 0 Å². The molecule has 0 radical (unpaired) electrons. The van der Waals surface area contributed by atoms with Gasteiger partial charge in [0.15, 0.2) is 5.78 Å². The van der Waals surface area contributed by atoms with Crippen LogP contribution in [0.25, 0.3) is 0 Å². The Morgan fingerprint density at radius 2 is 2.38 bits per heavy atom. The number of hydrogen-bond donors (Lipinski definition) is 1. The highest BCUT2D eigenvalue weighted by molar-refractivity contribution is 5.87. The summed E-state index contributed by atoms with van der Waals surface area (Å²) in [4.78, 5) is 10.7. The first kappa shape index (κ1) is 10.2. The minimum absolute atomic E-state index is 0.0146. The Labute approximate surface area is 79.0 Å². The third kappa shape index (κ3) is 1.90. The number of carbonyl (C=O) groups is 1. The third-order valence-electron chi connectivity index (χ3n) is 2.92. The van der Waals surface area contributed by atoms with Crippen molar-refractivity contribution in [2.75, 3.05) is 6.61 Å². The highest BCUT2D eigenvalue weighted by atomic mass is 16.3. The topological polar surface area (TPSA) is 37.3 Å². The van der Waals surface area contributed by atoms with Crippen molar-refractivity contribution in [3.8, 4) is 0 Å². The van der Waals surface area contributed by atoms with Gasteiger partial charge >= 0.3 is 0 Å². The fraction of sp³-hybridized carbons (Fsp3) is 0.636.